The van der Waals surface area contributed by atoms with Crippen LogP contribution in [0.1, 0.15) is 18.5 Å². The summed E-state index contributed by atoms with van der Waals surface area (Å²) in [4.78, 5) is 4.36. The van der Waals surface area contributed by atoms with Crippen LogP contribution < -0.4 is 19.5 Å². The van der Waals surface area contributed by atoms with Crippen LogP contribution in [-0.4, -0.2) is 31.8 Å². The number of pyridine rings is 1. The van der Waals surface area contributed by atoms with Crippen molar-refractivity contribution in [1.82, 2.24) is 10.3 Å². The maximum absolute atomic E-state index is 14.1. The van der Waals surface area contributed by atoms with Crippen molar-refractivity contribution in [3.05, 3.63) is 41.8 Å². The highest BCUT2D eigenvalue weighted by atomic mass is 19.1. The van der Waals surface area contributed by atoms with Crippen molar-refractivity contribution < 1.29 is 18.6 Å². The summed E-state index contributed by atoms with van der Waals surface area (Å²) in [6.45, 7) is 4.42. The van der Waals surface area contributed by atoms with Crippen molar-refractivity contribution >= 4 is 0 Å². The zero-order valence-corrected chi connectivity index (χ0v) is 14.5. The summed E-state index contributed by atoms with van der Waals surface area (Å²) in [5.41, 5.74) is 0.761. The van der Waals surface area contributed by atoms with Crippen LogP contribution >= 0.6 is 0 Å². The minimum Gasteiger partial charge on any atom is -0.493 e. The number of benzene rings is 1. The molecule has 25 heavy (non-hydrogen) atoms. The molecule has 6 heteroatoms. The lowest BCUT2D eigenvalue weighted by molar-refractivity contribution is 0.210. The molecule has 134 valence electrons. The van der Waals surface area contributed by atoms with E-state index in [1.54, 1.807) is 18.2 Å². The van der Waals surface area contributed by atoms with Gasteiger partial charge in [-0.15, -0.1) is 0 Å². The van der Waals surface area contributed by atoms with E-state index in [9.17, 15) is 4.39 Å². The number of hydrogen-bond acceptors (Lipinski definition) is 5. The summed E-state index contributed by atoms with van der Waals surface area (Å²) < 4.78 is 31.0. The van der Waals surface area contributed by atoms with E-state index in [1.165, 1.54) is 13.2 Å². The Balaban J connectivity index is 1.79. The molecule has 1 atom stereocenters. The van der Waals surface area contributed by atoms with Crippen molar-refractivity contribution in [2.45, 2.75) is 19.8 Å². The van der Waals surface area contributed by atoms with Crippen molar-refractivity contribution in [2.75, 3.05) is 26.8 Å². The normalized spacial score (nSPS) is 17.2. The first-order valence-electron chi connectivity index (χ1n) is 8.49. The molecule has 3 rings (SSSR count). The first-order chi connectivity index (χ1) is 12.2. The van der Waals surface area contributed by atoms with Crippen LogP contribution in [0.3, 0.4) is 0 Å². The van der Waals surface area contributed by atoms with E-state index in [2.05, 4.69) is 10.3 Å². The van der Waals surface area contributed by atoms with Crippen LogP contribution in [-0.2, 0) is 0 Å². The molecule has 1 aliphatic rings. The van der Waals surface area contributed by atoms with Crippen molar-refractivity contribution in [1.29, 1.82) is 0 Å². The lowest BCUT2D eigenvalue weighted by Crippen LogP contribution is -2.33. The number of para-hydroxylation sites is 1. The van der Waals surface area contributed by atoms with Crippen LogP contribution in [0.5, 0.6) is 23.1 Å². The Morgan fingerprint density at radius 2 is 2.12 bits per heavy atom. The van der Waals surface area contributed by atoms with Gasteiger partial charge in [-0.05, 0) is 50.6 Å². The van der Waals surface area contributed by atoms with E-state index in [0.29, 0.717) is 24.0 Å². The monoisotopic (exact) mass is 346 g/mol. The van der Waals surface area contributed by atoms with E-state index in [4.69, 9.17) is 14.2 Å². The zero-order chi connectivity index (χ0) is 17.6. The fourth-order valence-corrected chi connectivity index (χ4v) is 2.82. The fourth-order valence-electron chi connectivity index (χ4n) is 2.82. The molecule has 0 spiro atoms. The largest absolute Gasteiger partial charge is 0.493 e. The highest BCUT2D eigenvalue weighted by molar-refractivity contribution is 5.45. The van der Waals surface area contributed by atoms with Crippen LogP contribution in [0.4, 0.5) is 4.39 Å². The van der Waals surface area contributed by atoms with Gasteiger partial charge in [-0.2, -0.15) is 0 Å². The van der Waals surface area contributed by atoms with Gasteiger partial charge in [0.1, 0.15) is 0 Å². The third kappa shape index (κ3) is 4.39. The third-order valence-corrected chi connectivity index (χ3v) is 4.19. The number of rotatable bonds is 6. The molecule has 0 radical (unpaired) electrons. The van der Waals surface area contributed by atoms with Gasteiger partial charge in [0.2, 0.25) is 5.75 Å². The van der Waals surface area contributed by atoms with E-state index in [1.807, 2.05) is 13.0 Å². The predicted molar refractivity (Wildman–Crippen MR) is 93.1 cm³/mol. The Hall–Kier alpha value is -2.34. The fraction of sp³-hybridized carbons (Fsp3) is 0.421. The number of aryl methyl sites for hydroxylation is 1. The number of halogens is 1. The molecule has 1 fully saturated rings. The molecule has 2 heterocycles. The van der Waals surface area contributed by atoms with Gasteiger partial charge in [0.15, 0.2) is 17.3 Å². The SMILES string of the molecule is COc1cccc(F)c1Oc1nc(C)ccc1OCC1CCCNC1. The summed E-state index contributed by atoms with van der Waals surface area (Å²) in [5, 5.41) is 3.36. The summed E-state index contributed by atoms with van der Waals surface area (Å²) in [5.74, 6) is 1.00. The van der Waals surface area contributed by atoms with Gasteiger partial charge in [-0.1, -0.05) is 6.07 Å². The highest BCUT2D eigenvalue weighted by Crippen LogP contribution is 2.37. The first-order valence-corrected chi connectivity index (χ1v) is 8.49. The zero-order valence-electron chi connectivity index (χ0n) is 14.5. The summed E-state index contributed by atoms with van der Waals surface area (Å²) >= 11 is 0. The number of hydrogen-bond donors (Lipinski definition) is 1. The van der Waals surface area contributed by atoms with E-state index < -0.39 is 5.82 Å². The van der Waals surface area contributed by atoms with Gasteiger partial charge < -0.3 is 19.5 Å². The minimum atomic E-state index is -0.509. The summed E-state index contributed by atoms with van der Waals surface area (Å²) in [6.07, 6.45) is 2.28. The Morgan fingerprint density at radius 1 is 1.24 bits per heavy atom. The predicted octanol–water partition coefficient (Wildman–Crippen LogP) is 3.71. The Kier molecular flexibility index (Phi) is 5.71. The molecule has 0 bridgehead atoms. The van der Waals surface area contributed by atoms with E-state index >= 15 is 0 Å². The molecule has 0 aliphatic carbocycles. The number of piperidine rings is 1. The highest BCUT2D eigenvalue weighted by Gasteiger charge is 2.18. The van der Waals surface area contributed by atoms with Crippen molar-refractivity contribution in [2.24, 2.45) is 5.92 Å². The van der Waals surface area contributed by atoms with E-state index in [-0.39, 0.29) is 11.6 Å². The molecule has 1 aromatic heterocycles. The van der Waals surface area contributed by atoms with Crippen molar-refractivity contribution in [3.8, 4) is 23.1 Å². The van der Waals surface area contributed by atoms with Gasteiger partial charge in [-0.3, -0.25) is 0 Å². The lowest BCUT2D eigenvalue weighted by atomic mass is 10.0. The number of nitrogens with zero attached hydrogens (tertiary/aromatic N) is 1. The molecule has 1 aromatic carbocycles. The second-order valence-electron chi connectivity index (χ2n) is 6.15. The molecule has 0 saturated carbocycles. The molecular formula is C19H23FN2O3. The van der Waals surface area contributed by atoms with Gasteiger partial charge in [0.05, 0.1) is 13.7 Å². The van der Waals surface area contributed by atoms with E-state index in [0.717, 1.165) is 31.6 Å². The minimum absolute atomic E-state index is 0.00674. The first kappa shape index (κ1) is 17.5. The van der Waals surface area contributed by atoms with Crippen LogP contribution in [0.2, 0.25) is 0 Å². The molecule has 2 aromatic rings. The number of nitrogens with one attached hydrogen (secondary N) is 1. The van der Waals surface area contributed by atoms with Gasteiger partial charge in [-0.25, -0.2) is 9.37 Å². The summed E-state index contributed by atoms with van der Waals surface area (Å²) in [6, 6.07) is 8.18. The Morgan fingerprint density at radius 3 is 2.88 bits per heavy atom. The average Bonchev–Trinajstić information content (AvgIpc) is 2.63. The van der Waals surface area contributed by atoms with Gasteiger partial charge >= 0.3 is 0 Å². The van der Waals surface area contributed by atoms with Gasteiger partial charge in [0, 0.05) is 18.2 Å². The maximum atomic E-state index is 14.1. The molecular weight excluding hydrogens is 323 g/mol. The quantitative estimate of drug-likeness (QED) is 0.864. The van der Waals surface area contributed by atoms with Crippen LogP contribution in [0.15, 0.2) is 30.3 Å². The molecule has 1 unspecified atom stereocenters. The van der Waals surface area contributed by atoms with Gasteiger partial charge in [0.25, 0.3) is 5.88 Å². The van der Waals surface area contributed by atoms with Crippen molar-refractivity contribution in [3.63, 3.8) is 0 Å². The second-order valence-corrected chi connectivity index (χ2v) is 6.15. The molecule has 0 amide bonds. The molecule has 1 N–H and O–H groups in total. The topological polar surface area (TPSA) is 52.6 Å². The number of ether oxygens (including phenoxy) is 3. The van der Waals surface area contributed by atoms with Crippen LogP contribution in [0.25, 0.3) is 0 Å². The number of methoxy groups -OCH3 is 1. The second kappa shape index (κ2) is 8.16. The molecule has 1 saturated heterocycles. The number of aromatic nitrogens is 1. The van der Waals surface area contributed by atoms with Crippen LogP contribution in [0, 0.1) is 18.7 Å². The Bertz CT molecular complexity index is 718. The third-order valence-electron chi connectivity index (χ3n) is 4.19. The smallest absolute Gasteiger partial charge is 0.262 e. The average molecular weight is 346 g/mol. The maximum Gasteiger partial charge on any atom is 0.262 e. The standard InChI is InChI=1S/C19H23FN2O3/c1-13-8-9-17(24-12-14-5-4-10-21-11-14)19(22-13)25-18-15(20)6-3-7-16(18)23-2/h3,6-9,14,21H,4-5,10-12H2,1-2H3. The molecule has 5 nitrogen and oxygen atoms in total. The Labute approximate surface area is 147 Å². The summed E-state index contributed by atoms with van der Waals surface area (Å²) in [7, 11) is 1.47. The lowest BCUT2D eigenvalue weighted by Gasteiger charge is -2.23. The molecule has 1 aliphatic heterocycles.